The molecule has 3 rings (SSSR count). The molecule has 0 bridgehead atoms. The highest BCUT2D eigenvalue weighted by Gasteiger charge is 2.34. The Balaban J connectivity index is 1.59. The maximum absolute atomic E-state index is 12.5. The summed E-state index contributed by atoms with van der Waals surface area (Å²) in [5.41, 5.74) is 3.25. The van der Waals surface area contributed by atoms with Gasteiger partial charge in [-0.1, -0.05) is 23.2 Å². The molecule has 0 radical (unpaired) electrons. The minimum Gasteiger partial charge on any atom is -0.376 e. The third-order valence-electron chi connectivity index (χ3n) is 4.63. The molecule has 6 nitrogen and oxygen atoms in total. The molecule has 2 aromatic carbocycles. The minimum atomic E-state index is -0.301. The molecular formula is C21H22ClN3O3. The Morgan fingerprint density at radius 2 is 1.79 bits per heavy atom. The van der Waals surface area contributed by atoms with E-state index in [9.17, 15) is 14.4 Å². The lowest BCUT2D eigenvalue weighted by atomic mass is 10.1. The zero-order valence-corrected chi connectivity index (χ0v) is 16.8. The third kappa shape index (κ3) is 4.02. The summed E-state index contributed by atoms with van der Waals surface area (Å²) in [6, 6.07) is 10.5. The van der Waals surface area contributed by atoms with E-state index in [4.69, 9.17) is 11.6 Å². The lowest BCUT2D eigenvalue weighted by Crippen LogP contribution is -2.31. The number of anilines is 2. The first-order chi connectivity index (χ1) is 13.3. The van der Waals surface area contributed by atoms with Gasteiger partial charge in [-0.05, 0) is 43.7 Å². The van der Waals surface area contributed by atoms with E-state index in [2.05, 4.69) is 5.32 Å². The zero-order chi connectivity index (χ0) is 20.4. The maximum atomic E-state index is 12.5. The van der Waals surface area contributed by atoms with E-state index in [1.165, 1.54) is 4.90 Å². The van der Waals surface area contributed by atoms with Gasteiger partial charge < -0.3 is 10.2 Å². The average molecular weight is 400 g/mol. The van der Waals surface area contributed by atoms with Crippen LogP contribution >= 0.6 is 11.6 Å². The van der Waals surface area contributed by atoms with Gasteiger partial charge in [0.15, 0.2) is 0 Å². The summed E-state index contributed by atoms with van der Waals surface area (Å²) in [7, 11) is 3.76. The van der Waals surface area contributed by atoms with Gasteiger partial charge >= 0.3 is 0 Å². The maximum Gasteiger partial charge on any atom is 0.261 e. The van der Waals surface area contributed by atoms with Crippen LogP contribution in [0.2, 0.25) is 5.02 Å². The van der Waals surface area contributed by atoms with Crippen molar-refractivity contribution >= 4 is 40.7 Å². The molecule has 0 saturated carbocycles. The summed E-state index contributed by atoms with van der Waals surface area (Å²) in [5.74, 6) is -0.795. The molecule has 2 aromatic rings. The standard InChI is InChI=1S/C21H22ClN3O3/c1-13-6-8-15-16(11-13)21(28)25(20(15)27)10-4-5-19(26)23-17-12-14(22)7-9-18(17)24(2)3/h6-9,11-12H,4-5,10H2,1-3H3,(H,23,26). The van der Waals surface area contributed by atoms with Crippen molar-refractivity contribution < 1.29 is 14.4 Å². The Labute approximate surface area is 169 Å². The lowest BCUT2D eigenvalue weighted by Gasteiger charge is -2.18. The number of carbonyl (C=O) groups is 3. The normalized spacial score (nSPS) is 12.9. The summed E-state index contributed by atoms with van der Waals surface area (Å²) in [4.78, 5) is 40.3. The Bertz CT molecular complexity index is 956. The molecular weight excluding hydrogens is 378 g/mol. The lowest BCUT2D eigenvalue weighted by molar-refractivity contribution is -0.116. The molecule has 0 spiro atoms. The minimum absolute atomic E-state index is 0.186. The van der Waals surface area contributed by atoms with Crippen molar-refractivity contribution in [2.45, 2.75) is 19.8 Å². The van der Waals surface area contributed by atoms with Crippen molar-refractivity contribution in [1.29, 1.82) is 0 Å². The predicted molar refractivity (Wildman–Crippen MR) is 110 cm³/mol. The summed E-state index contributed by atoms with van der Waals surface area (Å²) >= 11 is 6.03. The van der Waals surface area contributed by atoms with Crippen LogP contribution in [0.3, 0.4) is 0 Å². The fraction of sp³-hybridized carbons (Fsp3) is 0.286. The molecule has 3 amide bonds. The molecule has 146 valence electrons. The molecule has 7 heteroatoms. The largest absolute Gasteiger partial charge is 0.376 e. The Morgan fingerprint density at radius 3 is 2.50 bits per heavy atom. The molecule has 0 aromatic heterocycles. The number of carbonyl (C=O) groups excluding carboxylic acids is 3. The van der Waals surface area contributed by atoms with Gasteiger partial charge in [0.1, 0.15) is 0 Å². The fourth-order valence-corrected chi connectivity index (χ4v) is 3.39. The first kappa shape index (κ1) is 19.9. The van der Waals surface area contributed by atoms with Crippen LogP contribution in [0.15, 0.2) is 36.4 Å². The van der Waals surface area contributed by atoms with Gasteiger partial charge in [0.2, 0.25) is 5.91 Å². The Hall–Kier alpha value is -2.86. The molecule has 1 N–H and O–H groups in total. The van der Waals surface area contributed by atoms with Crippen LogP contribution in [0, 0.1) is 6.92 Å². The van der Waals surface area contributed by atoms with Crippen molar-refractivity contribution in [2.75, 3.05) is 30.9 Å². The molecule has 0 unspecified atom stereocenters. The van der Waals surface area contributed by atoms with E-state index < -0.39 is 0 Å². The van der Waals surface area contributed by atoms with Gasteiger partial charge in [0.05, 0.1) is 22.5 Å². The number of aryl methyl sites for hydroxylation is 1. The summed E-state index contributed by atoms with van der Waals surface area (Å²) in [5, 5.41) is 3.38. The first-order valence-electron chi connectivity index (χ1n) is 9.01. The van der Waals surface area contributed by atoms with Crippen LogP contribution in [0.4, 0.5) is 11.4 Å². The summed E-state index contributed by atoms with van der Waals surface area (Å²) in [6.07, 6.45) is 0.569. The van der Waals surface area contributed by atoms with E-state index in [0.717, 1.165) is 11.3 Å². The van der Waals surface area contributed by atoms with Gasteiger partial charge in [-0.2, -0.15) is 0 Å². The van der Waals surface area contributed by atoms with Crippen LogP contribution in [-0.2, 0) is 4.79 Å². The smallest absolute Gasteiger partial charge is 0.261 e. The van der Waals surface area contributed by atoms with E-state index in [1.807, 2.05) is 38.1 Å². The highest BCUT2D eigenvalue weighted by Crippen LogP contribution is 2.28. The zero-order valence-electron chi connectivity index (χ0n) is 16.1. The second-order valence-electron chi connectivity index (χ2n) is 7.02. The number of benzene rings is 2. The van der Waals surface area contributed by atoms with Crippen LogP contribution in [0.5, 0.6) is 0 Å². The van der Waals surface area contributed by atoms with Gasteiger partial charge in [-0.3, -0.25) is 19.3 Å². The number of hydrogen-bond donors (Lipinski definition) is 1. The molecule has 0 fully saturated rings. The molecule has 1 aliphatic heterocycles. The molecule has 28 heavy (non-hydrogen) atoms. The SMILES string of the molecule is Cc1ccc2c(c1)C(=O)N(CCCC(=O)Nc1cc(Cl)ccc1N(C)C)C2=O. The number of halogens is 1. The molecule has 0 saturated heterocycles. The number of nitrogens with zero attached hydrogens (tertiary/aromatic N) is 2. The number of hydrogen-bond acceptors (Lipinski definition) is 4. The number of amides is 3. The highest BCUT2D eigenvalue weighted by molar-refractivity contribution is 6.31. The number of nitrogens with one attached hydrogen (secondary N) is 1. The van der Waals surface area contributed by atoms with Crippen LogP contribution in [0.25, 0.3) is 0 Å². The van der Waals surface area contributed by atoms with Crippen LogP contribution in [-0.4, -0.2) is 43.3 Å². The van der Waals surface area contributed by atoms with Gasteiger partial charge in [-0.15, -0.1) is 0 Å². The number of fused-ring (bicyclic) bond motifs is 1. The quantitative estimate of drug-likeness (QED) is 0.751. The van der Waals surface area contributed by atoms with Gasteiger partial charge in [0, 0.05) is 32.1 Å². The number of imide groups is 1. The van der Waals surface area contributed by atoms with E-state index in [1.54, 1.807) is 24.3 Å². The summed E-state index contributed by atoms with van der Waals surface area (Å²) < 4.78 is 0. The van der Waals surface area contributed by atoms with Crippen molar-refractivity contribution in [1.82, 2.24) is 4.90 Å². The molecule has 0 atom stereocenters. The first-order valence-corrected chi connectivity index (χ1v) is 9.39. The topological polar surface area (TPSA) is 69.7 Å². The van der Waals surface area contributed by atoms with Crippen molar-refractivity contribution in [2.24, 2.45) is 0 Å². The fourth-order valence-electron chi connectivity index (χ4n) is 3.22. The van der Waals surface area contributed by atoms with E-state index >= 15 is 0 Å². The molecule has 1 heterocycles. The van der Waals surface area contributed by atoms with E-state index in [0.29, 0.717) is 28.3 Å². The average Bonchev–Trinajstić information content (AvgIpc) is 2.85. The van der Waals surface area contributed by atoms with Crippen molar-refractivity contribution in [3.63, 3.8) is 0 Å². The molecule has 0 aliphatic carbocycles. The van der Waals surface area contributed by atoms with E-state index in [-0.39, 0.29) is 30.7 Å². The second-order valence-corrected chi connectivity index (χ2v) is 7.46. The second kappa shape index (κ2) is 8.02. The predicted octanol–water partition coefficient (Wildman–Crippen LogP) is 3.73. The monoisotopic (exact) mass is 399 g/mol. The Kier molecular flexibility index (Phi) is 5.70. The van der Waals surface area contributed by atoms with Crippen molar-refractivity contribution in [3.05, 3.63) is 58.1 Å². The van der Waals surface area contributed by atoms with Crippen LogP contribution < -0.4 is 10.2 Å². The highest BCUT2D eigenvalue weighted by atomic mass is 35.5. The number of rotatable bonds is 6. The van der Waals surface area contributed by atoms with Gasteiger partial charge in [-0.25, -0.2) is 0 Å². The van der Waals surface area contributed by atoms with Gasteiger partial charge in [0.25, 0.3) is 11.8 Å². The summed E-state index contributed by atoms with van der Waals surface area (Å²) in [6.45, 7) is 2.08. The Morgan fingerprint density at radius 1 is 1.07 bits per heavy atom. The third-order valence-corrected chi connectivity index (χ3v) is 4.86. The molecule has 1 aliphatic rings. The van der Waals surface area contributed by atoms with Crippen molar-refractivity contribution in [3.8, 4) is 0 Å². The van der Waals surface area contributed by atoms with Crippen LogP contribution in [0.1, 0.15) is 39.1 Å².